The molecule has 0 aliphatic heterocycles. The van der Waals surface area contributed by atoms with Crippen molar-refractivity contribution >= 4 is 5.91 Å². The van der Waals surface area contributed by atoms with Gasteiger partial charge in [-0.15, -0.1) is 0 Å². The lowest BCUT2D eigenvalue weighted by Crippen LogP contribution is -2.22. The Morgan fingerprint density at radius 2 is 1.78 bits per heavy atom. The lowest BCUT2D eigenvalue weighted by Gasteiger charge is -2.17. The number of amides is 1. The minimum absolute atomic E-state index is 0.0726. The molecule has 0 aliphatic carbocycles. The van der Waals surface area contributed by atoms with E-state index in [1.165, 1.54) is 5.56 Å². The van der Waals surface area contributed by atoms with Gasteiger partial charge in [0.1, 0.15) is 0 Å². The average molecular weight is 312 g/mol. The van der Waals surface area contributed by atoms with Crippen molar-refractivity contribution in [3.8, 4) is 0 Å². The van der Waals surface area contributed by atoms with Crippen molar-refractivity contribution in [3.63, 3.8) is 0 Å². The first kappa shape index (κ1) is 17.2. The van der Waals surface area contributed by atoms with E-state index in [1.807, 2.05) is 42.5 Å². The maximum Gasteiger partial charge on any atom is 0.251 e. The molecule has 0 aromatic heterocycles. The maximum absolute atomic E-state index is 11.5. The van der Waals surface area contributed by atoms with E-state index in [4.69, 9.17) is 0 Å². The van der Waals surface area contributed by atoms with Crippen LogP contribution in [0.25, 0.3) is 0 Å². The van der Waals surface area contributed by atoms with Crippen LogP contribution in [0.15, 0.2) is 54.6 Å². The van der Waals surface area contributed by atoms with E-state index < -0.39 is 0 Å². The Kier molecular flexibility index (Phi) is 6.78. The van der Waals surface area contributed by atoms with Crippen molar-refractivity contribution in [2.75, 3.05) is 20.2 Å². The van der Waals surface area contributed by atoms with Gasteiger partial charge in [-0.25, -0.2) is 0 Å². The van der Waals surface area contributed by atoms with Gasteiger partial charge in [0.05, 0.1) is 0 Å². The van der Waals surface area contributed by atoms with Crippen molar-refractivity contribution in [1.29, 1.82) is 0 Å². The molecule has 1 unspecified atom stereocenters. The minimum atomic E-state index is -0.0726. The van der Waals surface area contributed by atoms with Gasteiger partial charge in [-0.1, -0.05) is 42.5 Å². The highest BCUT2D eigenvalue weighted by Gasteiger charge is 2.10. The summed E-state index contributed by atoms with van der Waals surface area (Å²) in [4.78, 5) is 11.5. The van der Waals surface area contributed by atoms with Gasteiger partial charge in [-0.05, 0) is 35.6 Å². The van der Waals surface area contributed by atoms with Crippen LogP contribution in [-0.4, -0.2) is 31.2 Å². The van der Waals surface area contributed by atoms with Gasteiger partial charge in [0.15, 0.2) is 0 Å². The molecule has 2 aromatic carbocycles. The van der Waals surface area contributed by atoms with Crippen LogP contribution in [0.4, 0.5) is 0 Å². The Bertz CT molecular complexity index is 597. The Morgan fingerprint density at radius 3 is 2.39 bits per heavy atom. The van der Waals surface area contributed by atoms with Crippen molar-refractivity contribution in [2.45, 2.75) is 18.9 Å². The normalized spacial score (nSPS) is 11.9. The molecule has 23 heavy (non-hydrogen) atoms. The zero-order valence-corrected chi connectivity index (χ0v) is 13.5. The van der Waals surface area contributed by atoms with Gasteiger partial charge in [-0.2, -0.15) is 0 Å². The smallest absolute Gasteiger partial charge is 0.251 e. The molecule has 3 N–H and O–H groups in total. The predicted octanol–water partition coefficient (Wildman–Crippen LogP) is 2.30. The number of rotatable bonds is 8. The van der Waals surface area contributed by atoms with Crippen molar-refractivity contribution < 1.29 is 9.90 Å². The Morgan fingerprint density at radius 1 is 1.09 bits per heavy atom. The highest BCUT2D eigenvalue weighted by Crippen LogP contribution is 2.18. The topological polar surface area (TPSA) is 61.4 Å². The molecule has 0 spiro atoms. The lowest BCUT2D eigenvalue weighted by atomic mass is 9.96. The van der Waals surface area contributed by atoms with E-state index in [0.717, 1.165) is 25.1 Å². The lowest BCUT2D eigenvalue weighted by molar-refractivity contribution is 0.0963. The van der Waals surface area contributed by atoms with E-state index >= 15 is 0 Å². The molecule has 0 radical (unpaired) electrons. The number of carbonyl (C=O) groups excluding carboxylic acids is 1. The van der Waals surface area contributed by atoms with Gasteiger partial charge >= 0.3 is 0 Å². The molecular formula is C19H24N2O2. The number of aliphatic hydroxyl groups excluding tert-OH is 1. The van der Waals surface area contributed by atoms with Crippen molar-refractivity contribution in [3.05, 3.63) is 71.3 Å². The summed E-state index contributed by atoms with van der Waals surface area (Å²) in [5.74, 6) is 0.225. The van der Waals surface area contributed by atoms with Crippen molar-refractivity contribution in [2.24, 2.45) is 0 Å². The number of hydrogen-bond donors (Lipinski definition) is 3. The molecule has 2 rings (SSSR count). The first-order valence-corrected chi connectivity index (χ1v) is 7.92. The highest BCUT2D eigenvalue weighted by atomic mass is 16.3. The Labute approximate surface area is 137 Å². The summed E-state index contributed by atoms with van der Waals surface area (Å²) in [6.45, 7) is 1.73. The molecule has 4 nitrogen and oxygen atoms in total. The quantitative estimate of drug-likeness (QED) is 0.701. The summed E-state index contributed by atoms with van der Waals surface area (Å²) in [7, 11) is 1.63. The summed E-state index contributed by atoms with van der Waals surface area (Å²) in [5.41, 5.74) is 3.04. The first-order chi connectivity index (χ1) is 11.2. The third kappa shape index (κ3) is 5.20. The average Bonchev–Trinajstić information content (AvgIpc) is 2.61. The molecule has 2 aromatic rings. The Balaban J connectivity index is 1.88. The molecule has 122 valence electrons. The number of nitrogens with one attached hydrogen (secondary N) is 2. The van der Waals surface area contributed by atoms with Crippen LogP contribution in [0, 0.1) is 0 Å². The fourth-order valence-corrected chi connectivity index (χ4v) is 2.58. The minimum Gasteiger partial charge on any atom is -0.396 e. The summed E-state index contributed by atoms with van der Waals surface area (Å²) >= 11 is 0. The zero-order chi connectivity index (χ0) is 16.5. The van der Waals surface area contributed by atoms with Crippen LogP contribution in [0.3, 0.4) is 0 Å². The second-order valence-corrected chi connectivity index (χ2v) is 5.53. The fourth-order valence-electron chi connectivity index (χ4n) is 2.58. The molecular weight excluding hydrogens is 288 g/mol. The summed E-state index contributed by atoms with van der Waals surface area (Å²) in [5, 5.41) is 15.3. The predicted molar refractivity (Wildman–Crippen MR) is 92.4 cm³/mol. The van der Waals surface area contributed by atoms with Gasteiger partial charge < -0.3 is 15.7 Å². The van der Waals surface area contributed by atoms with Gasteiger partial charge in [0, 0.05) is 32.3 Å². The maximum atomic E-state index is 11.5. The van der Waals surface area contributed by atoms with Crippen LogP contribution in [0.1, 0.15) is 33.8 Å². The second-order valence-electron chi connectivity index (χ2n) is 5.53. The molecule has 4 heteroatoms. The summed E-state index contributed by atoms with van der Waals surface area (Å²) < 4.78 is 0. The summed E-state index contributed by atoms with van der Waals surface area (Å²) in [6, 6.07) is 17.8. The van der Waals surface area contributed by atoms with Crippen LogP contribution in [0.2, 0.25) is 0 Å². The summed E-state index contributed by atoms with van der Waals surface area (Å²) in [6.07, 6.45) is 0.743. The second kappa shape index (κ2) is 9.08. The largest absolute Gasteiger partial charge is 0.396 e. The standard InChI is InChI=1S/C19H24N2O2/c1-20-19(23)17-9-7-15(8-10-17)13-21-14-18(11-12-22)16-5-3-2-4-6-16/h2-10,18,21-22H,11-14H2,1H3,(H,20,23). The van der Waals surface area contributed by atoms with E-state index in [9.17, 15) is 9.90 Å². The molecule has 1 atom stereocenters. The van der Waals surface area contributed by atoms with Gasteiger partial charge in [0.25, 0.3) is 5.91 Å². The molecule has 0 fully saturated rings. The molecule has 0 bridgehead atoms. The van der Waals surface area contributed by atoms with E-state index in [-0.39, 0.29) is 12.5 Å². The number of benzene rings is 2. The van der Waals surface area contributed by atoms with E-state index in [0.29, 0.717) is 11.5 Å². The monoisotopic (exact) mass is 312 g/mol. The van der Waals surface area contributed by atoms with Crippen molar-refractivity contribution in [1.82, 2.24) is 10.6 Å². The molecule has 0 saturated carbocycles. The Hall–Kier alpha value is -2.17. The first-order valence-electron chi connectivity index (χ1n) is 7.92. The fraction of sp³-hybridized carbons (Fsp3) is 0.316. The third-order valence-corrected chi connectivity index (χ3v) is 3.91. The van der Waals surface area contributed by atoms with Crippen LogP contribution >= 0.6 is 0 Å². The number of hydrogen-bond acceptors (Lipinski definition) is 3. The van der Waals surface area contributed by atoms with Crippen LogP contribution in [-0.2, 0) is 6.54 Å². The SMILES string of the molecule is CNC(=O)c1ccc(CNCC(CCO)c2ccccc2)cc1. The van der Waals surface area contributed by atoms with Gasteiger partial charge in [0.2, 0.25) is 0 Å². The molecule has 0 heterocycles. The van der Waals surface area contributed by atoms with E-state index in [2.05, 4.69) is 22.8 Å². The van der Waals surface area contributed by atoms with E-state index in [1.54, 1.807) is 7.05 Å². The zero-order valence-electron chi connectivity index (χ0n) is 13.5. The number of aliphatic hydroxyl groups is 1. The molecule has 0 aliphatic rings. The molecule has 1 amide bonds. The third-order valence-electron chi connectivity index (χ3n) is 3.91. The molecule has 0 saturated heterocycles. The van der Waals surface area contributed by atoms with Gasteiger partial charge in [-0.3, -0.25) is 4.79 Å². The highest BCUT2D eigenvalue weighted by molar-refractivity contribution is 5.93. The van der Waals surface area contributed by atoms with Crippen LogP contribution < -0.4 is 10.6 Å². The number of carbonyl (C=O) groups is 1. The van der Waals surface area contributed by atoms with Crippen LogP contribution in [0.5, 0.6) is 0 Å².